The molecule has 0 aliphatic heterocycles. The molecule has 0 N–H and O–H groups in total. The van der Waals surface area contributed by atoms with Crippen LogP contribution in [0.25, 0.3) is 0 Å². The van der Waals surface area contributed by atoms with Crippen LogP contribution >= 0.6 is 11.6 Å². The van der Waals surface area contributed by atoms with Crippen molar-refractivity contribution in [1.29, 1.82) is 0 Å². The van der Waals surface area contributed by atoms with Gasteiger partial charge in [-0.2, -0.15) is 0 Å². The van der Waals surface area contributed by atoms with E-state index in [0.29, 0.717) is 5.41 Å². The van der Waals surface area contributed by atoms with Crippen molar-refractivity contribution in [2.24, 2.45) is 5.41 Å². The van der Waals surface area contributed by atoms with Crippen molar-refractivity contribution in [2.45, 2.75) is 32.1 Å². The van der Waals surface area contributed by atoms with E-state index in [1.54, 1.807) is 0 Å². The van der Waals surface area contributed by atoms with Gasteiger partial charge < -0.3 is 0 Å². The second-order valence-corrected chi connectivity index (χ2v) is 4.18. The second-order valence-electron chi connectivity index (χ2n) is 3.72. The van der Waals surface area contributed by atoms with Gasteiger partial charge in [-0.05, 0) is 37.5 Å². The Kier molecular flexibility index (Phi) is 1.57. The summed E-state index contributed by atoms with van der Waals surface area (Å²) in [6.07, 6.45) is 6.60. The lowest BCUT2D eigenvalue weighted by Crippen LogP contribution is -2.09. The molecule has 1 fully saturated rings. The van der Waals surface area contributed by atoms with Crippen LogP contribution in [0.3, 0.4) is 0 Å². The molecule has 60 valence electrons. The van der Waals surface area contributed by atoms with Crippen molar-refractivity contribution in [1.82, 2.24) is 0 Å². The van der Waals surface area contributed by atoms with Gasteiger partial charge in [0.05, 0.1) is 0 Å². The Labute approximate surface area is 71.4 Å². The van der Waals surface area contributed by atoms with Gasteiger partial charge >= 0.3 is 0 Å². The molecule has 0 aromatic rings. The monoisotopic (exact) mass is 170 g/mol. The highest BCUT2D eigenvalue weighted by atomic mass is 35.5. The summed E-state index contributed by atoms with van der Waals surface area (Å²) in [5.74, 6) is 0. The van der Waals surface area contributed by atoms with Gasteiger partial charge in [0.2, 0.25) is 0 Å². The van der Waals surface area contributed by atoms with Crippen molar-refractivity contribution in [2.75, 3.05) is 0 Å². The molecule has 0 unspecified atom stereocenters. The van der Waals surface area contributed by atoms with Crippen molar-refractivity contribution < 1.29 is 4.79 Å². The predicted octanol–water partition coefficient (Wildman–Crippen LogP) is 2.64. The van der Waals surface area contributed by atoms with Crippen LogP contribution < -0.4 is 0 Å². The molecule has 0 amide bonds. The average Bonchev–Trinajstić information content (AvgIpc) is 2.76. The molecule has 1 saturated carbocycles. The first kappa shape index (κ1) is 7.35. The summed E-state index contributed by atoms with van der Waals surface area (Å²) in [6, 6.07) is 0. The van der Waals surface area contributed by atoms with E-state index in [9.17, 15) is 4.79 Å². The van der Waals surface area contributed by atoms with E-state index in [2.05, 4.69) is 0 Å². The van der Waals surface area contributed by atoms with Crippen LogP contribution in [0.4, 0.5) is 0 Å². The van der Waals surface area contributed by atoms with Crippen LogP contribution in [0.5, 0.6) is 0 Å². The highest BCUT2D eigenvalue weighted by Crippen LogP contribution is 2.57. The van der Waals surface area contributed by atoms with E-state index in [4.69, 9.17) is 11.6 Å². The molecule has 0 heterocycles. The first-order valence-electron chi connectivity index (χ1n) is 4.08. The number of hydrogen-bond donors (Lipinski definition) is 0. The van der Waals surface area contributed by atoms with Gasteiger partial charge in [-0.3, -0.25) is 4.79 Å². The standard InChI is InChI=1S/C9H11ClO/c10-8-1-2-9(3-4-9)5-7(8)6-11/h6H,1-5H2. The van der Waals surface area contributed by atoms with E-state index < -0.39 is 0 Å². The van der Waals surface area contributed by atoms with Crippen LogP contribution in [0, 0.1) is 5.41 Å². The minimum atomic E-state index is 0.509. The van der Waals surface area contributed by atoms with Gasteiger partial charge in [-0.1, -0.05) is 11.6 Å². The van der Waals surface area contributed by atoms with Gasteiger partial charge in [0.15, 0.2) is 0 Å². The maximum Gasteiger partial charge on any atom is 0.147 e. The second kappa shape index (κ2) is 2.34. The molecule has 0 aromatic heterocycles. The first-order chi connectivity index (χ1) is 5.26. The zero-order chi connectivity index (χ0) is 7.90. The summed E-state index contributed by atoms with van der Waals surface area (Å²) in [6.45, 7) is 0. The van der Waals surface area contributed by atoms with Crippen molar-refractivity contribution >= 4 is 17.9 Å². The Morgan fingerprint density at radius 2 is 2.09 bits per heavy atom. The molecule has 0 radical (unpaired) electrons. The molecule has 11 heavy (non-hydrogen) atoms. The van der Waals surface area contributed by atoms with Crippen molar-refractivity contribution in [3.05, 3.63) is 10.6 Å². The Balaban J connectivity index is 2.19. The highest BCUT2D eigenvalue weighted by Gasteiger charge is 2.44. The Bertz CT molecular complexity index is 226. The zero-order valence-corrected chi connectivity index (χ0v) is 7.16. The van der Waals surface area contributed by atoms with Gasteiger partial charge in [0, 0.05) is 10.6 Å². The lowest BCUT2D eigenvalue weighted by Gasteiger charge is -2.21. The minimum absolute atomic E-state index is 0.509. The Morgan fingerprint density at radius 1 is 1.36 bits per heavy atom. The van der Waals surface area contributed by atoms with E-state index in [1.165, 1.54) is 19.3 Å². The molecule has 2 aliphatic rings. The molecule has 0 aromatic carbocycles. The zero-order valence-electron chi connectivity index (χ0n) is 6.40. The minimum Gasteiger partial charge on any atom is -0.298 e. The smallest absolute Gasteiger partial charge is 0.147 e. The molecule has 0 saturated heterocycles. The molecule has 0 bridgehead atoms. The van der Waals surface area contributed by atoms with Gasteiger partial charge in [-0.25, -0.2) is 0 Å². The molecule has 1 nitrogen and oxygen atoms in total. The van der Waals surface area contributed by atoms with E-state index in [1.807, 2.05) is 0 Å². The number of carbonyl (C=O) groups is 1. The van der Waals surface area contributed by atoms with E-state index >= 15 is 0 Å². The van der Waals surface area contributed by atoms with E-state index in [-0.39, 0.29) is 0 Å². The normalized spacial score (nSPS) is 27.4. The van der Waals surface area contributed by atoms with Crippen LogP contribution in [-0.4, -0.2) is 6.29 Å². The first-order valence-corrected chi connectivity index (χ1v) is 4.46. The summed E-state index contributed by atoms with van der Waals surface area (Å²) in [4.78, 5) is 10.5. The summed E-state index contributed by atoms with van der Waals surface area (Å²) < 4.78 is 0. The van der Waals surface area contributed by atoms with Crippen molar-refractivity contribution in [3.8, 4) is 0 Å². The number of halogens is 1. The number of hydrogen-bond acceptors (Lipinski definition) is 1. The average molecular weight is 171 g/mol. The fourth-order valence-corrected chi connectivity index (χ4v) is 2.04. The topological polar surface area (TPSA) is 17.1 Å². The molecule has 1 spiro atoms. The third-order valence-electron chi connectivity index (χ3n) is 2.89. The summed E-state index contributed by atoms with van der Waals surface area (Å²) in [5, 5.41) is 0.803. The summed E-state index contributed by atoms with van der Waals surface area (Å²) in [7, 11) is 0. The SMILES string of the molecule is O=CC1=C(Cl)CCC2(CC2)C1. The molecular formula is C9H11ClO. The van der Waals surface area contributed by atoms with Crippen LogP contribution in [0.1, 0.15) is 32.1 Å². The fraction of sp³-hybridized carbons (Fsp3) is 0.667. The maximum absolute atomic E-state index is 10.5. The molecule has 2 rings (SSSR count). The quantitative estimate of drug-likeness (QED) is 0.553. The third kappa shape index (κ3) is 1.22. The summed E-state index contributed by atoms with van der Waals surface area (Å²) >= 11 is 5.89. The third-order valence-corrected chi connectivity index (χ3v) is 3.32. The van der Waals surface area contributed by atoms with Gasteiger partial charge in [0.25, 0.3) is 0 Å². The van der Waals surface area contributed by atoms with Crippen LogP contribution in [0.2, 0.25) is 0 Å². The Morgan fingerprint density at radius 3 is 2.64 bits per heavy atom. The summed E-state index contributed by atoms with van der Waals surface area (Å²) in [5.41, 5.74) is 1.37. The molecule has 2 heteroatoms. The molecule has 2 aliphatic carbocycles. The number of carbonyl (C=O) groups excluding carboxylic acids is 1. The van der Waals surface area contributed by atoms with Gasteiger partial charge in [0.1, 0.15) is 6.29 Å². The Hall–Kier alpha value is -0.300. The maximum atomic E-state index is 10.5. The van der Waals surface area contributed by atoms with Crippen LogP contribution in [-0.2, 0) is 4.79 Å². The lowest BCUT2D eigenvalue weighted by molar-refractivity contribution is -0.105. The van der Waals surface area contributed by atoms with Crippen molar-refractivity contribution in [3.63, 3.8) is 0 Å². The molecular weight excluding hydrogens is 160 g/mol. The molecule has 0 atom stereocenters. The number of allylic oxidation sites excluding steroid dienone is 2. The van der Waals surface area contributed by atoms with Crippen LogP contribution in [0.15, 0.2) is 10.6 Å². The highest BCUT2D eigenvalue weighted by molar-refractivity contribution is 6.31. The van der Waals surface area contributed by atoms with E-state index in [0.717, 1.165) is 29.7 Å². The largest absolute Gasteiger partial charge is 0.298 e. The van der Waals surface area contributed by atoms with Gasteiger partial charge in [-0.15, -0.1) is 0 Å². The predicted molar refractivity (Wildman–Crippen MR) is 44.5 cm³/mol. The number of aldehydes is 1. The lowest BCUT2D eigenvalue weighted by atomic mass is 9.86. The number of rotatable bonds is 1. The fourth-order valence-electron chi connectivity index (χ4n) is 1.83.